The van der Waals surface area contributed by atoms with Crippen LogP contribution in [-0.4, -0.2) is 10.2 Å². The third-order valence-corrected chi connectivity index (χ3v) is 2.48. The molecule has 66 valence electrons. The summed E-state index contributed by atoms with van der Waals surface area (Å²) in [5, 5.41) is 9.99. The molecule has 0 bridgehead atoms. The molecule has 0 aliphatic carbocycles. The zero-order valence-corrected chi connectivity index (χ0v) is 8.02. The molecular formula is C8H5ClN2OS. The fraction of sp³-hybridized carbons (Fsp3) is 0. The molecular weight excluding hydrogens is 208 g/mol. The Morgan fingerprint density at radius 3 is 3.08 bits per heavy atom. The summed E-state index contributed by atoms with van der Waals surface area (Å²) < 4.78 is 0. The molecule has 13 heavy (non-hydrogen) atoms. The minimum atomic E-state index is -0.220. The molecule has 0 amide bonds. The summed E-state index contributed by atoms with van der Waals surface area (Å²) >= 11 is 7.19. The maximum Gasteiger partial charge on any atom is 0.272 e. The van der Waals surface area contributed by atoms with E-state index in [9.17, 15) is 4.79 Å². The van der Waals surface area contributed by atoms with Crippen molar-refractivity contribution in [2.24, 2.45) is 0 Å². The van der Waals surface area contributed by atoms with Crippen LogP contribution in [0.15, 0.2) is 27.7 Å². The van der Waals surface area contributed by atoms with Crippen LogP contribution >= 0.6 is 22.9 Å². The van der Waals surface area contributed by atoms with E-state index in [4.69, 9.17) is 11.6 Å². The highest BCUT2D eigenvalue weighted by molar-refractivity contribution is 7.08. The van der Waals surface area contributed by atoms with Crippen molar-refractivity contribution < 1.29 is 0 Å². The monoisotopic (exact) mass is 212 g/mol. The summed E-state index contributed by atoms with van der Waals surface area (Å²) in [6.07, 6.45) is 0. The number of aromatic amines is 1. The van der Waals surface area contributed by atoms with Crippen LogP contribution in [0.2, 0.25) is 5.15 Å². The second kappa shape index (κ2) is 3.32. The number of hydrogen-bond donors (Lipinski definition) is 1. The summed E-state index contributed by atoms with van der Waals surface area (Å²) in [4.78, 5) is 11.3. The Morgan fingerprint density at radius 2 is 2.38 bits per heavy atom. The lowest BCUT2D eigenvalue weighted by Gasteiger charge is -1.95. The number of H-pyrrole nitrogens is 1. The van der Waals surface area contributed by atoms with Crippen LogP contribution in [0.1, 0.15) is 0 Å². The van der Waals surface area contributed by atoms with Gasteiger partial charge in [0.15, 0.2) is 0 Å². The first-order valence-corrected chi connectivity index (χ1v) is 4.87. The summed E-state index contributed by atoms with van der Waals surface area (Å²) in [5.41, 5.74) is 1.21. The predicted molar refractivity (Wildman–Crippen MR) is 53.2 cm³/mol. The molecule has 0 radical (unpaired) electrons. The molecule has 3 nitrogen and oxygen atoms in total. The minimum absolute atomic E-state index is 0.220. The molecule has 2 heterocycles. The number of halogens is 1. The first-order chi connectivity index (χ1) is 6.27. The zero-order valence-electron chi connectivity index (χ0n) is 6.45. The number of rotatable bonds is 1. The van der Waals surface area contributed by atoms with Crippen LogP contribution in [0, 0.1) is 0 Å². The molecule has 0 saturated carbocycles. The SMILES string of the molecule is O=c1[nH]nc(Cl)cc1-c1ccsc1. The largest absolute Gasteiger partial charge is 0.272 e. The van der Waals surface area contributed by atoms with Gasteiger partial charge in [-0.25, -0.2) is 5.10 Å². The van der Waals surface area contributed by atoms with Gasteiger partial charge in [0.1, 0.15) is 5.15 Å². The third kappa shape index (κ3) is 1.64. The highest BCUT2D eigenvalue weighted by Gasteiger charge is 2.04. The summed E-state index contributed by atoms with van der Waals surface area (Å²) in [7, 11) is 0. The quantitative estimate of drug-likeness (QED) is 0.788. The van der Waals surface area contributed by atoms with Crippen molar-refractivity contribution >= 4 is 22.9 Å². The number of nitrogens with one attached hydrogen (secondary N) is 1. The highest BCUT2D eigenvalue weighted by atomic mass is 35.5. The van der Waals surface area contributed by atoms with Crippen molar-refractivity contribution in [2.45, 2.75) is 0 Å². The van der Waals surface area contributed by atoms with Gasteiger partial charge in [-0.15, -0.1) is 0 Å². The van der Waals surface area contributed by atoms with Crippen LogP contribution in [-0.2, 0) is 0 Å². The van der Waals surface area contributed by atoms with Crippen molar-refractivity contribution in [1.29, 1.82) is 0 Å². The van der Waals surface area contributed by atoms with Crippen LogP contribution in [0.25, 0.3) is 11.1 Å². The average molecular weight is 213 g/mol. The van der Waals surface area contributed by atoms with Crippen LogP contribution in [0.5, 0.6) is 0 Å². The lowest BCUT2D eigenvalue weighted by atomic mass is 10.2. The lowest BCUT2D eigenvalue weighted by molar-refractivity contribution is 0.992. The Bertz CT molecular complexity index is 463. The normalized spacial score (nSPS) is 10.2. The smallest absolute Gasteiger partial charge is 0.267 e. The Hall–Kier alpha value is -1.13. The van der Waals surface area contributed by atoms with E-state index in [1.165, 1.54) is 11.3 Å². The number of nitrogens with zero attached hydrogens (tertiary/aromatic N) is 1. The molecule has 0 fully saturated rings. The summed E-state index contributed by atoms with van der Waals surface area (Å²) in [5.74, 6) is 0. The van der Waals surface area contributed by atoms with E-state index < -0.39 is 0 Å². The van der Waals surface area contributed by atoms with E-state index in [1.54, 1.807) is 6.07 Å². The van der Waals surface area contributed by atoms with Crippen molar-refractivity contribution in [3.8, 4) is 11.1 Å². The van der Waals surface area contributed by atoms with E-state index in [0.29, 0.717) is 10.7 Å². The fourth-order valence-electron chi connectivity index (χ4n) is 1.01. The van der Waals surface area contributed by atoms with Crippen LogP contribution < -0.4 is 5.56 Å². The van der Waals surface area contributed by atoms with E-state index >= 15 is 0 Å². The van der Waals surface area contributed by atoms with Crippen LogP contribution in [0.4, 0.5) is 0 Å². The Kier molecular flexibility index (Phi) is 2.16. The Morgan fingerprint density at radius 1 is 1.54 bits per heavy atom. The van der Waals surface area contributed by atoms with Crippen molar-refractivity contribution in [3.63, 3.8) is 0 Å². The van der Waals surface area contributed by atoms with Gasteiger partial charge in [0.05, 0.1) is 5.56 Å². The lowest BCUT2D eigenvalue weighted by Crippen LogP contribution is -2.09. The topological polar surface area (TPSA) is 45.8 Å². The molecule has 2 aromatic heterocycles. The molecule has 0 aromatic carbocycles. The first kappa shape index (κ1) is 8.47. The molecule has 0 spiro atoms. The Labute approximate surface area is 83.0 Å². The number of thiophene rings is 1. The maximum atomic E-state index is 11.3. The highest BCUT2D eigenvalue weighted by Crippen LogP contribution is 2.19. The fourth-order valence-corrected chi connectivity index (χ4v) is 1.82. The van der Waals surface area contributed by atoms with Crippen LogP contribution in [0.3, 0.4) is 0 Å². The average Bonchev–Trinajstić information content (AvgIpc) is 2.61. The molecule has 0 saturated heterocycles. The van der Waals surface area contributed by atoms with Gasteiger partial charge in [-0.2, -0.15) is 16.4 Å². The molecule has 1 N–H and O–H groups in total. The molecule has 0 aliphatic heterocycles. The van der Waals surface area contributed by atoms with Gasteiger partial charge in [0.2, 0.25) is 0 Å². The molecule has 0 unspecified atom stereocenters. The Balaban J connectivity index is 2.64. The molecule has 0 aliphatic rings. The van der Waals surface area contributed by atoms with Gasteiger partial charge in [-0.05, 0) is 28.5 Å². The first-order valence-electron chi connectivity index (χ1n) is 3.55. The third-order valence-electron chi connectivity index (χ3n) is 1.60. The minimum Gasteiger partial charge on any atom is -0.267 e. The summed E-state index contributed by atoms with van der Waals surface area (Å²) in [6, 6.07) is 3.42. The summed E-state index contributed by atoms with van der Waals surface area (Å²) in [6.45, 7) is 0. The molecule has 2 rings (SSSR count). The predicted octanol–water partition coefficient (Wildman–Crippen LogP) is 2.15. The van der Waals surface area contributed by atoms with Crippen molar-refractivity contribution in [2.75, 3.05) is 0 Å². The van der Waals surface area contributed by atoms with Gasteiger partial charge < -0.3 is 0 Å². The van der Waals surface area contributed by atoms with E-state index in [1.807, 2.05) is 16.8 Å². The van der Waals surface area contributed by atoms with Crippen molar-refractivity contribution in [1.82, 2.24) is 10.2 Å². The number of hydrogen-bond acceptors (Lipinski definition) is 3. The molecule has 2 aromatic rings. The maximum absolute atomic E-state index is 11.3. The van der Waals surface area contributed by atoms with E-state index in [0.717, 1.165) is 5.56 Å². The van der Waals surface area contributed by atoms with E-state index in [-0.39, 0.29) is 5.56 Å². The zero-order chi connectivity index (χ0) is 9.26. The molecule has 0 atom stereocenters. The molecule has 5 heteroatoms. The second-order valence-corrected chi connectivity index (χ2v) is 3.61. The van der Waals surface area contributed by atoms with E-state index in [2.05, 4.69) is 10.2 Å². The standard InChI is InChI=1S/C8H5ClN2OS/c9-7-3-6(8(12)11-10-7)5-1-2-13-4-5/h1-4H,(H,11,12). The van der Waals surface area contributed by atoms with Gasteiger partial charge in [-0.3, -0.25) is 4.79 Å². The number of aromatic nitrogens is 2. The van der Waals surface area contributed by atoms with Gasteiger partial charge in [0, 0.05) is 0 Å². The van der Waals surface area contributed by atoms with Gasteiger partial charge in [-0.1, -0.05) is 11.6 Å². The van der Waals surface area contributed by atoms with Gasteiger partial charge >= 0.3 is 0 Å². The van der Waals surface area contributed by atoms with Gasteiger partial charge in [0.25, 0.3) is 5.56 Å². The second-order valence-electron chi connectivity index (χ2n) is 2.45. The van der Waals surface area contributed by atoms with Crippen molar-refractivity contribution in [3.05, 3.63) is 38.4 Å².